The van der Waals surface area contributed by atoms with Crippen molar-refractivity contribution >= 4 is 0 Å². The fourth-order valence-corrected chi connectivity index (χ4v) is 0.939. The summed E-state index contributed by atoms with van der Waals surface area (Å²) < 4.78 is 4.89. The summed E-state index contributed by atoms with van der Waals surface area (Å²) in [4.78, 5) is 4.03. The van der Waals surface area contributed by atoms with E-state index >= 15 is 0 Å². The standard InChI is InChI=1S/C9H10N2O2/c1-13-9-4-2-3-8(11-9)7(5-10)6-12/h2-4,7,12H,6H2,1H3. The molecule has 0 bridgehead atoms. The second-order valence-corrected chi connectivity index (χ2v) is 2.47. The van der Waals surface area contributed by atoms with Crippen molar-refractivity contribution in [2.75, 3.05) is 13.7 Å². The van der Waals surface area contributed by atoms with Gasteiger partial charge in [-0.05, 0) is 6.07 Å². The lowest BCUT2D eigenvalue weighted by Gasteiger charge is -2.05. The Morgan fingerprint density at radius 2 is 2.46 bits per heavy atom. The lowest BCUT2D eigenvalue weighted by molar-refractivity contribution is 0.283. The maximum atomic E-state index is 8.84. The Morgan fingerprint density at radius 3 is 3.00 bits per heavy atom. The highest BCUT2D eigenvalue weighted by Gasteiger charge is 2.10. The molecule has 0 fully saturated rings. The van der Waals surface area contributed by atoms with Crippen LogP contribution in [-0.4, -0.2) is 23.8 Å². The molecule has 0 amide bonds. The van der Waals surface area contributed by atoms with Crippen LogP contribution in [0.3, 0.4) is 0 Å². The minimum Gasteiger partial charge on any atom is -0.481 e. The molecule has 1 aromatic rings. The lowest BCUT2D eigenvalue weighted by atomic mass is 10.1. The zero-order valence-corrected chi connectivity index (χ0v) is 7.27. The van der Waals surface area contributed by atoms with E-state index in [9.17, 15) is 0 Å². The maximum absolute atomic E-state index is 8.84. The molecule has 0 saturated heterocycles. The number of aromatic nitrogens is 1. The number of nitrogens with zero attached hydrogens (tertiary/aromatic N) is 2. The molecule has 4 heteroatoms. The normalized spacial score (nSPS) is 11.8. The fourth-order valence-electron chi connectivity index (χ4n) is 0.939. The van der Waals surface area contributed by atoms with Crippen molar-refractivity contribution in [3.8, 4) is 11.9 Å². The zero-order chi connectivity index (χ0) is 9.68. The second-order valence-electron chi connectivity index (χ2n) is 2.47. The monoisotopic (exact) mass is 178 g/mol. The van der Waals surface area contributed by atoms with Crippen LogP contribution in [0.1, 0.15) is 11.6 Å². The first kappa shape index (κ1) is 9.49. The number of ether oxygens (including phenoxy) is 1. The van der Waals surface area contributed by atoms with E-state index in [0.29, 0.717) is 11.6 Å². The first-order valence-electron chi connectivity index (χ1n) is 3.83. The van der Waals surface area contributed by atoms with Crippen LogP contribution in [0.2, 0.25) is 0 Å². The van der Waals surface area contributed by atoms with Crippen LogP contribution < -0.4 is 4.74 Å². The highest BCUT2D eigenvalue weighted by atomic mass is 16.5. The van der Waals surface area contributed by atoms with Crippen LogP contribution in [0.4, 0.5) is 0 Å². The Morgan fingerprint density at radius 1 is 1.69 bits per heavy atom. The summed E-state index contributed by atoms with van der Waals surface area (Å²) >= 11 is 0. The van der Waals surface area contributed by atoms with Gasteiger partial charge in [-0.1, -0.05) is 6.07 Å². The molecule has 0 aromatic carbocycles. The summed E-state index contributed by atoms with van der Waals surface area (Å²) in [6.45, 7) is -0.226. The average Bonchev–Trinajstić information content (AvgIpc) is 2.20. The van der Waals surface area contributed by atoms with Gasteiger partial charge in [0.1, 0.15) is 5.92 Å². The third kappa shape index (κ3) is 2.17. The highest BCUT2D eigenvalue weighted by Crippen LogP contribution is 2.14. The van der Waals surface area contributed by atoms with Gasteiger partial charge in [-0.25, -0.2) is 4.98 Å². The molecule has 1 aromatic heterocycles. The Kier molecular flexibility index (Phi) is 3.23. The summed E-state index contributed by atoms with van der Waals surface area (Å²) in [7, 11) is 1.51. The van der Waals surface area contributed by atoms with Crippen LogP contribution >= 0.6 is 0 Å². The molecule has 68 valence electrons. The number of nitriles is 1. The van der Waals surface area contributed by atoms with Gasteiger partial charge in [0, 0.05) is 6.07 Å². The van der Waals surface area contributed by atoms with Crippen molar-refractivity contribution in [1.82, 2.24) is 4.98 Å². The van der Waals surface area contributed by atoms with E-state index in [0.717, 1.165) is 0 Å². The van der Waals surface area contributed by atoms with Gasteiger partial charge in [-0.2, -0.15) is 5.26 Å². The van der Waals surface area contributed by atoms with Gasteiger partial charge in [0.05, 0.1) is 25.5 Å². The van der Waals surface area contributed by atoms with Gasteiger partial charge < -0.3 is 9.84 Å². The summed E-state index contributed by atoms with van der Waals surface area (Å²) in [6, 6.07) is 7.07. The summed E-state index contributed by atoms with van der Waals surface area (Å²) in [6.07, 6.45) is 0. The largest absolute Gasteiger partial charge is 0.481 e. The predicted octanol–water partition coefficient (Wildman–Crippen LogP) is 0.690. The van der Waals surface area contributed by atoms with Gasteiger partial charge in [0.25, 0.3) is 0 Å². The number of hydrogen-bond acceptors (Lipinski definition) is 4. The molecule has 0 aliphatic heterocycles. The number of methoxy groups -OCH3 is 1. The number of rotatable bonds is 3. The first-order valence-corrected chi connectivity index (χ1v) is 3.83. The third-order valence-electron chi connectivity index (χ3n) is 1.65. The van der Waals surface area contributed by atoms with Crippen molar-refractivity contribution in [1.29, 1.82) is 5.26 Å². The van der Waals surface area contributed by atoms with Crippen LogP contribution in [0.25, 0.3) is 0 Å². The van der Waals surface area contributed by atoms with E-state index in [4.69, 9.17) is 15.1 Å². The summed E-state index contributed by atoms with van der Waals surface area (Å²) in [5.41, 5.74) is 0.532. The highest BCUT2D eigenvalue weighted by molar-refractivity contribution is 5.22. The molecule has 0 aliphatic carbocycles. The molecular weight excluding hydrogens is 168 g/mol. The Bertz CT molecular complexity index is 320. The van der Waals surface area contributed by atoms with Crippen molar-refractivity contribution < 1.29 is 9.84 Å². The Balaban J connectivity index is 2.94. The Labute approximate surface area is 76.4 Å². The van der Waals surface area contributed by atoms with Crippen LogP contribution in [0.15, 0.2) is 18.2 Å². The van der Waals surface area contributed by atoms with E-state index in [1.165, 1.54) is 7.11 Å². The van der Waals surface area contributed by atoms with Crippen molar-refractivity contribution in [2.45, 2.75) is 5.92 Å². The SMILES string of the molecule is COc1cccc(C(C#N)CO)n1. The summed E-state index contributed by atoms with van der Waals surface area (Å²) in [5.74, 6) is -0.124. The van der Waals surface area contributed by atoms with Gasteiger partial charge in [0.15, 0.2) is 0 Å². The van der Waals surface area contributed by atoms with Crippen LogP contribution in [0.5, 0.6) is 5.88 Å². The molecule has 4 nitrogen and oxygen atoms in total. The molecular formula is C9H10N2O2. The maximum Gasteiger partial charge on any atom is 0.213 e. The Hall–Kier alpha value is -1.60. The predicted molar refractivity (Wildman–Crippen MR) is 46.2 cm³/mol. The molecule has 1 atom stereocenters. The topological polar surface area (TPSA) is 66.1 Å². The number of pyridine rings is 1. The van der Waals surface area contributed by atoms with Crippen molar-refractivity contribution in [3.05, 3.63) is 23.9 Å². The molecule has 1 unspecified atom stereocenters. The number of aliphatic hydroxyl groups excluding tert-OH is 1. The van der Waals surface area contributed by atoms with Gasteiger partial charge in [-0.15, -0.1) is 0 Å². The fraction of sp³-hybridized carbons (Fsp3) is 0.333. The number of hydrogen-bond donors (Lipinski definition) is 1. The molecule has 0 spiro atoms. The molecule has 0 saturated carbocycles. The molecule has 1 rings (SSSR count). The van der Waals surface area contributed by atoms with E-state index in [1.54, 1.807) is 18.2 Å². The van der Waals surface area contributed by atoms with Gasteiger partial charge in [0.2, 0.25) is 5.88 Å². The van der Waals surface area contributed by atoms with Crippen molar-refractivity contribution in [2.24, 2.45) is 0 Å². The van der Waals surface area contributed by atoms with Gasteiger partial charge in [-0.3, -0.25) is 0 Å². The van der Waals surface area contributed by atoms with Crippen molar-refractivity contribution in [3.63, 3.8) is 0 Å². The zero-order valence-electron chi connectivity index (χ0n) is 7.27. The van der Waals surface area contributed by atoms with E-state index in [-0.39, 0.29) is 6.61 Å². The minimum absolute atomic E-state index is 0.226. The average molecular weight is 178 g/mol. The third-order valence-corrected chi connectivity index (χ3v) is 1.65. The quantitative estimate of drug-likeness (QED) is 0.739. The minimum atomic E-state index is -0.574. The van der Waals surface area contributed by atoms with E-state index < -0.39 is 5.92 Å². The molecule has 1 heterocycles. The molecule has 0 aliphatic rings. The van der Waals surface area contributed by atoms with Crippen LogP contribution in [-0.2, 0) is 0 Å². The molecule has 0 radical (unpaired) electrons. The van der Waals surface area contributed by atoms with Gasteiger partial charge >= 0.3 is 0 Å². The molecule has 1 N–H and O–H groups in total. The van der Waals surface area contributed by atoms with Crippen LogP contribution in [0, 0.1) is 11.3 Å². The second kappa shape index (κ2) is 4.43. The molecule has 13 heavy (non-hydrogen) atoms. The first-order chi connectivity index (χ1) is 6.31. The van der Waals surface area contributed by atoms with E-state index in [1.807, 2.05) is 6.07 Å². The number of aliphatic hydroxyl groups is 1. The smallest absolute Gasteiger partial charge is 0.213 e. The summed E-state index contributed by atoms with van der Waals surface area (Å²) in [5, 5.41) is 17.5. The lowest BCUT2D eigenvalue weighted by Crippen LogP contribution is -2.04. The van der Waals surface area contributed by atoms with E-state index in [2.05, 4.69) is 4.98 Å².